The molecular weight excluding hydrogens is 941 g/mol. The van der Waals surface area contributed by atoms with Crippen LogP contribution in [0.15, 0.2) is 0 Å². The van der Waals surface area contributed by atoms with Gasteiger partial charge in [0.1, 0.15) is 61.0 Å². The molecule has 17 nitrogen and oxygen atoms in total. The molecule has 0 spiro atoms. The molecule has 432 valence electrons. The first-order chi connectivity index (χ1) is 35.2. The van der Waals surface area contributed by atoms with Gasteiger partial charge in [0.2, 0.25) is 11.8 Å². The Morgan fingerprint density at radius 2 is 0.959 bits per heavy atom. The summed E-state index contributed by atoms with van der Waals surface area (Å²) in [5, 5.41) is 102. The third-order valence-electron chi connectivity index (χ3n) is 14.9. The first-order valence-corrected chi connectivity index (χ1v) is 29.3. The van der Waals surface area contributed by atoms with E-state index in [1.165, 1.54) is 135 Å². The van der Waals surface area contributed by atoms with Crippen molar-refractivity contribution in [2.75, 3.05) is 19.8 Å². The third-order valence-corrected chi connectivity index (χ3v) is 14.9. The number of ether oxygens (including phenoxy) is 4. The van der Waals surface area contributed by atoms with Crippen molar-refractivity contribution in [2.45, 2.75) is 319 Å². The standard InChI is InChI=1S/C56H108N2O15/c1-5-6-7-8-9-10-11-12-13-14-15-16-21-24-27-30-33-36-44(63)54(69)58-42(48(64)43(62)35-32-29-26-23-20-18-17-19-22-25-28-31-34-40(2)3)39-70-56-52(68)51(67)53(46(38-60)72-56)73-55-47(57-41(4)61)50(66)49(65)45(37-59)71-55/h40,42-53,55-56,59-60,62-68H,5-39H2,1-4H3,(H,57,61)(H,58,69)/t42-,43+,44+,45+,46+,47+,48-,49+,50+,51+,52+,53-,55+,56-/m0/s1. The Bertz CT molecular complexity index is 1350. The molecule has 2 aliphatic rings. The van der Waals surface area contributed by atoms with Crippen LogP contribution in [0.1, 0.15) is 233 Å². The highest BCUT2D eigenvalue weighted by Crippen LogP contribution is 2.30. The van der Waals surface area contributed by atoms with Crippen LogP contribution in [0.3, 0.4) is 0 Å². The van der Waals surface area contributed by atoms with Gasteiger partial charge in [-0.05, 0) is 18.8 Å². The fourth-order valence-corrected chi connectivity index (χ4v) is 10.1. The first kappa shape index (κ1) is 67.5. The molecule has 2 amide bonds. The number of carbonyl (C=O) groups is 2. The van der Waals surface area contributed by atoms with Gasteiger partial charge in [0.05, 0.1) is 32.0 Å². The molecule has 73 heavy (non-hydrogen) atoms. The number of amides is 2. The van der Waals surface area contributed by atoms with Crippen molar-refractivity contribution >= 4 is 11.8 Å². The maximum absolute atomic E-state index is 13.4. The predicted octanol–water partition coefficient (Wildman–Crippen LogP) is 6.50. The van der Waals surface area contributed by atoms with Crippen LogP contribution in [0.25, 0.3) is 0 Å². The van der Waals surface area contributed by atoms with Gasteiger partial charge >= 0.3 is 0 Å². The maximum Gasteiger partial charge on any atom is 0.249 e. The molecule has 2 fully saturated rings. The van der Waals surface area contributed by atoms with Gasteiger partial charge in [-0.3, -0.25) is 9.59 Å². The second kappa shape index (κ2) is 41.5. The molecule has 14 atom stereocenters. The summed E-state index contributed by atoms with van der Waals surface area (Å²) in [6, 6.07) is -2.67. The second-order valence-electron chi connectivity index (χ2n) is 21.9. The van der Waals surface area contributed by atoms with Gasteiger partial charge in [0.25, 0.3) is 0 Å². The van der Waals surface area contributed by atoms with Crippen LogP contribution in [0.4, 0.5) is 0 Å². The van der Waals surface area contributed by atoms with Crippen molar-refractivity contribution in [2.24, 2.45) is 5.92 Å². The Kier molecular flexibility index (Phi) is 38.4. The highest BCUT2D eigenvalue weighted by molar-refractivity contribution is 5.80. The van der Waals surface area contributed by atoms with Gasteiger partial charge in [-0.2, -0.15) is 0 Å². The number of rotatable bonds is 45. The lowest BCUT2D eigenvalue weighted by Crippen LogP contribution is -2.67. The summed E-state index contributed by atoms with van der Waals surface area (Å²) in [5.74, 6) is -0.600. The fraction of sp³-hybridized carbons (Fsp3) is 0.964. The van der Waals surface area contributed by atoms with Gasteiger partial charge < -0.3 is 75.5 Å². The van der Waals surface area contributed by atoms with Gasteiger partial charge in [-0.25, -0.2) is 0 Å². The average molecular weight is 1050 g/mol. The van der Waals surface area contributed by atoms with Gasteiger partial charge in [0, 0.05) is 6.92 Å². The smallest absolute Gasteiger partial charge is 0.249 e. The maximum atomic E-state index is 13.4. The molecule has 0 bridgehead atoms. The quantitative estimate of drug-likeness (QED) is 0.0291. The van der Waals surface area contributed by atoms with E-state index in [4.69, 9.17) is 18.9 Å². The Morgan fingerprint density at radius 3 is 1.40 bits per heavy atom. The van der Waals surface area contributed by atoms with Crippen molar-refractivity contribution in [3.05, 3.63) is 0 Å². The van der Waals surface area contributed by atoms with Crippen molar-refractivity contribution in [1.82, 2.24) is 10.6 Å². The van der Waals surface area contributed by atoms with Gasteiger partial charge in [-0.1, -0.05) is 213 Å². The molecule has 0 aromatic rings. The number of nitrogens with one attached hydrogen (secondary N) is 2. The molecule has 0 radical (unpaired) electrons. The monoisotopic (exact) mass is 1050 g/mol. The number of aliphatic hydroxyl groups is 9. The van der Waals surface area contributed by atoms with Crippen LogP contribution in [-0.4, -0.2) is 163 Å². The molecule has 17 heteroatoms. The van der Waals surface area contributed by atoms with Gasteiger partial charge in [-0.15, -0.1) is 0 Å². The number of hydrogen-bond acceptors (Lipinski definition) is 15. The Balaban J connectivity index is 1.92. The molecule has 2 saturated heterocycles. The number of hydrogen-bond donors (Lipinski definition) is 11. The van der Waals surface area contributed by atoms with E-state index in [2.05, 4.69) is 31.4 Å². The Labute approximate surface area is 440 Å². The summed E-state index contributed by atoms with van der Waals surface area (Å²) >= 11 is 0. The van der Waals surface area contributed by atoms with Crippen molar-refractivity contribution in [3.8, 4) is 0 Å². The van der Waals surface area contributed by atoms with E-state index in [9.17, 15) is 55.5 Å². The van der Waals surface area contributed by atoms with E-state index < -0.39 is 117 Å². The SMILES string of the molecule is CCCCCCCCCCCCCCCCCCC[C@@H](O)C(=O)N[C@@H](CO[C@H]1O[C@H](CO)[C@H](O[C@H]2O[C@H](CO)[C@@H](O)[C@H](O)[C@H]2NC(C)=O)[C@H](O)[C@H]1O)[C@H](O)[C@H](O)CCCCCCCCCCCCCCC(C)C. The number of unbranched alkanes of at least 4 members (excludes halogenated alkanes) is 27. The predicted molar refractivity (Wildman–Crippen MR) is 282 cm³/mol. The summed E-state index contributed by atoms with van der Waals surface area (Å²) in [6.45, 7) is 5.90. The lowest BCUT2D eigenvalue weighted by atomic mass is 9.95. The van der Waals surface area contributed by atoms with Crippen LogP contribution < -0.4 is 10.6 Å². The summed E-state index contributed by atoms with van der Waals surface area (Å²) in [6.07, 6.45) is 17.3. The molecule has 2 heterocycles. The van der Waals surface area contributed by atoms with Crippen molar-refractivity contribution in [1.29, 1.82) is 0 Å². The van der Waals surface area contributed by atoms with E-state index in [1.807, 2.05) is 0 Å². The highest BCUT2D eigenvalue weighted by Gasteiger charge is 2.51. The molecule has 0 aliphatic carbocycles. The summed E-state index contributed by atoms with van der Waals surface area (Å²) in [4.78, 5) is 25.4. The zero-order chi connectivity index (χ0) is 53.8. The van der Waals surface area contributed by atoms with E-state index in [1.54, 1.807) is 0 Å². The first-order valence-electron chi connectivity index (χ1n) is 29.3. The van der Waals surface area contributed by atoms with Crippen LogP contribution in [0.5, 0.6) is 0 Å². The normalized spacial score (nSPS) is 26.2. The Hall–Kier alpha value is -1.58. The minimum atomic E-state index is -1.86. The fourth-order valence-electron chi connectivity index (χ4n) is 10.1. The largest absolute Gasteiger partial charge is 0.394 e. The number of carbonyl (C=O) groups excluding carboxylic acids is 2. The van der Waals surface area contributed by atoms with Crippen molar-refractivity contribution < 1.29 is 74.5 Å². The second-order valence-corrected chi connectivity index (χ2v) is 21.9. The summed E-state index contributed by atoms with van der Waals surface area (Å²) < 4.78 is 23.2. The molecule has 0 unspecified atom stereocenters. The van der Waals surface area contributed by atoms with E-state index in [0.29, 0.717) is 12.8 Å². The van der Waals surface area contributed by atoms with E-state index >= 15 is 0 Å². The lowest BCUT2D eigenvalue weighted by molar-refractivity contribution is -0.347. The zero-order valence-corrected chi connectivity index (χ0v) is 45.9. The molecule has 2 rings (SSSR count). The minimum absolute atomic E-state index is 0.202. The lowest BCUT2D eigenvalue weighted by Gasteiger charge is -2.47. The van der Waals surface area contributed by atoms with Gasteiger partial charge in [0.15, 0.2) is 12.6 Å². The van der Waals surface area contributed by atoms with Crippen LogP contribution in [0, 0.1) is 5.92 Å². The third kappa shape index (κ3) is 28.6. The minimum Gasteiger partial charge on any atom is -0.394 e. The van der Waals surface area contributed by atoms with Crippen molar-refractivity contribution in [3.63, 3.8) is 0 Å². The van der Waals surface area contributed by atoms with E-state index in [0.717, 1.165) is 57.8 Å². The molecule has 0 saturated carbocycles. The van der Waals surface area contributed by atoms with Crippen LogP contribution >= 0.6 is 0 Å². The Morgan fingerprint density at radius 1 is 0.534 bits per heavy atom. The molecule has 11 N–H and O–H groups in total. The summed E-state index contributed by atoms with van der Waals surface area (Å²) in [7, 11) is 0. The molecular formula is C56H108N2O15. The van der Waals surface area contributed by atoms with Crippen LogP contribution in [0.2, 0.25) is 0 Å². The molecule has 0 aromatic heterocycles. The average Bonchev–Trinajstić information content (AvgIpc) is 3.36. The topological polar surface area (TPSA) is 277 Å². The highest BCUT2D eigenvalue weighted by atomic mass is 16.7. The zero-order valence-electron chi connectivity index (χ0n) is 45.9. The van der Waals surface area contributed by atoms with Crippen LogP contribution in [-0.2, 0) is 28.5 Å². The molecule has 0 aromatic carbocycles. The number of aliphatic hydroxyl groups excluding tert-OH is 9. The van der Waals surface area contributed by atoms with E-state index in [-0.39, 0.29) is 12.8 Å². The molecule has 2 aliphatic heterocycles. The summed E-state index contributed by atoms with van der Waals surface area (Å²) in [5.41, 5.74) is 0.